The van der Waals surface area contributed by atoms with E-state index >= 15 is 0 Å². The summed E-state index contributed by atoms with van der Waals surface area (Å²) in [5.74, 6) is 0.374. The van der Waals surface area contributed by atoms with Crippen LogP contribution >= 0.6 is 0 Å². The summed E-state index contributed by atoms with van der Waals surface area (Å²) in [5, 5.41) is 12.3. The van der Waals surface area contributed by atoms with E-state index in [1.807, 2.05) is 19.9 Å². The Hall–Kier alpha value is -0.500. The molecule has 0 aromatic carbocycles. The largest absolute Gasteiger partial charge is 0.513 e. The Balaban J connectivity index is 3.90. The minimum absolute atomic E-state index is 0.0884. The summed E-state index contributed by atoms with van der Waals surface area (Å²) in [6.07, 6.45) is 2.93. The molecule has 0 atom stereocenters. The highest BCUT2D eigenvalue weighted by Crippen LogP contribution is 2.06. The number of aliphatic hydroxyl groups is 1. The second-order valence-electron chi connectivity index (χ2n) is 3.43. The molecule has 0 aromatic rings. The van der Waals surface area contributed by atoms with Gasteiger partial charge in [-0.15, -0.1) is 0 Å². The maximum absolute atomic E-state index is 9.01. The van der Waals surface area contributed by atoms with Gasteiger partial charge in [-0.2, -0.15) is 0 Å². The summed E-state index contributed by atoms with van der Waals surface area (Å²) >= 11 is 0. The van der Waals surface area contributed by atoms with Gasteiger partial charge in [0.1, 0.15) is 0 Å². The first-order valence-corrected chi connectivity index (χ1v) is 4.11. The molecule has 0 aromatic heterocycles. The SMILES string of the molecule is CCCNC(C)(C)/C=C(/C)O. The molecule has 0 bridgehead atoms. The second kappa shape index (κ2) is 4.39. The van der Waals surface area contributed by atoms with E-state index in [9.17, 15) is 0 Å². The van der Waals surface area contributed by atoms with E-state index in [0.717, 1.165) is 13.0 Å². The quantitative estimate of drug-likeness (QED) is 0.613. The molecule has 0 amide bonds. The molecule has 0 radical (unpaired) electrons. The molecule has 66 valence electrons. The minimum Gasteiger partial charge on any atom is -0.513 e. The Bertz CT molecular complexity index is 134. The third-order valence-corrected chi connectivity index (χ3v) is 1.40. The number of rotatable bonds is 4. The predicted octanol–water partition coefficient (Wildman–Crippen LogP) is 2.23. The number of aliphatic hydroxyl groups excluding tert-OH is 1. The fourth-order valence-electron chi connectivity index (χ4n) is 1.02. The van der Waals surface area contributed by atoms with Gasteiger partial charge in [0.05, 0.1) is 5.76 Å². The van der Waals surface area contributed by atoms with Crippen LogP contribution in [0.3, 0.4) is 0 Å². The Morgan fingerprint density at radius 1 is 1.55 bits per heavy atom. The normalized spacial score (nSPS) is 13.6. The van der Waals surface area contributed by atoms with E-state index in [1.54, 1.807) is 6.92 Å². The molecule has 0 rings (SSSR count). The molecule has 0 aliphatic carbocycles. The smallest absolute Gasteiger partial charge is 0.0870 e. The van der Waals surface area contributed by atoms with Gasteiger partial charge in [0.15, 0.2) is 0 Å². The zero-order valence-electron chi connectivity index (χ0n) is 7.94. The summed E-state index contributed by atoms with van der Waals surface area (Å²) in [7, 11) is 0. The van der Waals surface area contributed by atoms with Gasteiger partial charge in [-0.1, -0.05) is 6.92 Å². The van der Waals surface area contributed by atoms with Crippen LogP contribution in [0.15, 0.2) is 11.8 Å². The Morgan fingerprint density at radius 3 is 2.45 bits per heavy atom. The van der Waals surface area contributed by atoms with Crippen molar-refractivity contribution in [3.8, 4) is 0 Å². The van der Waals surface area contributed by atoms with Crippen LogP contribution in [-0.4, -0.2) is 17.2 Å². The highest BCUT2D eigenvalue weighted by molar-refractivity contribution is 5.03. The lowest BCUT2D eigenvalue weighted by atomic mass is 10.0. The molecule has 0 saturated heterocycles. The maximum atomic E-state index is 9.01. The second-order valence-corrected chi connectivity index (χ2v) is 3.43. The van der Waals surface area contributed by atoms with Crippen molar-refractivity contribution in [1.82, 2.24) is 5.32 Å². The van der Waals surface area contributed by atoms with Crippen molar-refractivity contribution in [2.45, 2.75) is 39.7 Å². The van der Waals surface area contributed by atoms with Crippen molar-refractivity contribution >= 4 is 0 Å². The van der Waals surface area contributed by atoms with E-state index in [1.165, 1.54) is 0 Å². The van der Waals surface area contributed by atoms with Gasteiger partial charge in [0.25, 0.3) is 0 Å². The number of allylic oxidation sites excluding steroid dienone is 1. The standard InChI is InChI=1S/C9H19NO/c1-5-6-10-9(3,4)7-8(2)11/h7,10-11H,5-6H2,1-4H3/b8-7-. The Morgan fingerprint density at radius 2 is 2.09 bits per heavy atom. The molecule has 2 N–H and O–H groups in total. The van der Waals surface area contributed by atoms with Crippen LogP contribution in [0.25, 0.3) is 0 Å². The summed E-state index contributed by atoms with van der Waals surface area (Å²) in [5.41, 5.74) is -0.0884. The van der Waals surface area contributed by atoms with E-state index in [4.69, 9.17) is 5.11 Å². The molecule has 0 spiro atoms. The van der Waals surface area contributed by atoms with E-state index in [2.05, 4.69) is 12.2 Å². The van der Waals surface area contributed by atoms with Gasteiger partial charge >= 0.3 is 0 Å². The van der Waals surface area contributed by atoms with Crippen LogP contribution in [-0.2, 0) is 0 Å². The summed E-state index contributed by atoms with van der Waals surface area (Å²) in [6.45, 7) is 8.88. The van der Waals surface area contributed by atoms with Gasteiger partial charge < -0.3 is 10.4 Å². The molecular formula is C9H19NO. The van der Waals surface area contributed by atoms with Crippen molar-refractivity contribution in [1.29, 1.82) is 0 Å². The first-order valence-electron chi connectivity index (χ1n) is 4.11. The fourth-order valence-corrected chi connectivity index (χ4v) is 1.02. The van der Waals surface area contributed by atoms with Gasteiger partial charge in [-0.25, -0.2) is 0 Å². The van der Waals surface area contributed by atoms with Gasteiger partial charge in [0.2, 0.25) is 0 Å². The van der Waals surface area contributed by atoms with Crippen LogP contribution in [0, 0.1) is 0 Å². The molecule has 11 heavy (non-hydrogen) atoms. The Kier molecular flexibility index (Phi) is 4.19. The van der Waals surface area contributed by atoms with E-state index in [0.29, 0.717) is 5.76 Å². The van der Waals surface area contributed by atoms with Crippen LogP contribution in [0.2, 0.25) is 0 Å². The lowest BCUT2D eigenvalue weighted by Gasteiger charge is -2.22. The molecule has 0 aliphatic heterocycles. The van der Waals surface area contributed by atoms with Crippen molar-refractivity contribution in [2.75, 3.05) is 6.54 Å². The predicted molar refractivity (Wildman–Crippen MR) is 48.8 cm³/mol. The minimum atomic E-state index is -0.0884. The highest BCUT2D eigenvalue weighted by Gasteiger charge is 2.12. The monoisotopic (exact) mass is 157 g/mol. The van der Waals surface area contributed by atoms with Crippen LogP contribution < -0.4 is 5.32 Å². The summed E-state index contributed by atoms with van der Waals surface area (Å²) < 4.78 is 0. The van der Waals surface area contributed by atoms with Crippen molar-refractivity contribution in [3.63, 3.8) is 0 Å². The molecule has 2 heteroatoms. The van der Waals surface area contributed by atoms with Gasteiger partial charge in [-0.05, 0) is 39.8 Å². The number of nitrogens with one attached hydrogen (secondary N) is 1. The molecular weight excluding hydrogens is 138 g/mol. The summed E-state index contributed by atoms with van der Waals surface area (Å²) in [6, 6.07) is 0. The van der Waals surface area contributed by atoms with Gasteiger partial charge in [-0.3, -0.25) is 0 Å². The number of hydrogen-bond acceptors (Lipinski definition) is 2. The first kappa shape index (κ1) is 10.5. The molecule has 0 aliphatic rings. The Labute approximate surface area is 69.3 Å². The summed E-state index contributed by atoms with van der Waals surface area (Å²) in [4.78, 5) is 0. The maximum Gasteiger partial charge on any atom is 0.0870 e. The highest BCUT2D eigenvalue weighted by atomic mass is 16.3. The molecule has 0 unspecified atom stereocenters. The topological polar surface area (TPSA) is 32.3 Å². The fraction of sp³-hybridized carbons (Fsp3) is 0.778. The zero-order valence-corrected chi connectivity index (χ0v) is 7.94. The van der Waals surface area contributed by atoms with Crippen LogP contribution in [0.5, 0.6) is 0 Å². The van der Waals surface area contributed by atoms with E-state index < -0.39 is 0 Å². The van der Waals surface area contributed by atoms with E-state index in [-0.39, 0.29) is 5.54 Å². The van der Waals surface area contributed by atoms with Crippen molar-refractivity contribution in [2.24, 2.45) is 0 Å². The molecule has 2 nitrogen and oxygen atoms in total. The third kappa shape index (κ3) is 5.92. The first-order chi connectivity index (χ1) is 4.98. The van der Waals surface area contributed by atoms with Crippen molar-refractivity contribution < 1.29 is 5.11 Å². The van der Waals surface area contributed by atoms with Crippen LogP contribution in [0.4, 0.5) is 0 Å². The molecule has 0 heterocycles. The lowest BCUT2D eigenvalue weighted by Crippen LogP contribution is -2.37. The molecule has 0 saturated carbocycles. The average Bonchev–Trinajstić information content (AvgIpc) is 1.81. The lowest BCUT2D eigenvalue weighted by molar-refractivity contribution is 0.389. The molecule has 0 fully saturated rings. The third-order valence-electron chi connectivity index (χ3n) is 1.40. The van der Waals surface area contributed by atoms with Crippen molar-refractivity contribution in [3.05, 3.63) is 11.8 Å². The average molecular weight is 157 g/mol. The van der Waals surface area contributed by atoms with Gasteiger partial charge in [0, 0.05) is 5.54 Å². The zero-order chi connectivity index (χ0) is 8.91. The number of hydrogen-bond donors (Lipinski definition) is 2. The van der Waals surface area contributed by atoms with Crippen LogP contribution in [0.1, 0.15) is 34.1 Å².